The molecule has 4 heteroatoms. The molecule has 1 rings (SSSR count). The summed E-state index contributed by atoms with van der Waals surface area (Å²) in [7, 11) is 0. The maximum absolute atomic E-state index is 8.00. The molecule has 0 atom stereocenters. The fraction of sp³-hybridized carbons (Fsp3) is 0.143. The Bertz CT molecular complexity index is 97.6. The van der Waals surface area contributed by atoms with Gasteiger partial charge in [0, 0.05) is 17.1 Å². The number of hydrogen-bond donors (Lipinski definition) is 0. The summed E-state index contributed by atoms with van der Waals surface area (Å²) >= 11 is 0. The Morgan fingerprint density at radius 1 is 1.27 bits per heavy atom. The predicted octanol–water partition coefficient (Wildman–Crippen LogP) is -1.95. The number of allylic oxidation sites excluding steroid dienone is 4. The smallest absolute Gasteiger partial charge is 1.00 e. The minimum Gasteiger partial charge on any atom is -1.00 e. The van der Waals surface area contributed by atoms with Crippen LogP contribution < -0.4 is 29.6 Å². The van der Waals surface area contributed by atoms with Gasteiger partial charge in [-0.25, -0.2) is 12.2 Å². The van der Waals surface area contributed by atoms with Gasteiger partial charge >= 0.3 is 29.6 Å². The molecule has 0 heterocycles. The Kier molecular flexibility index (Phi) is 64.7. The van der Waals surface area contributed by atoms with Crippen molar-refractivity contribution in [2.75, 3.05) is 0 Å². The molecule has 0 aromatic carbocycles. The molecule has 0 aliphatic heterocycles. The second-order valence-corrected chi connectivity index (χ2v) is 1.00. The fourth-order valence-electron chi connectivity index (χ4n) is 0.340. The van der Waals surface area contributed by atoms with Crippen molar-refractivity contribution in [3.05, 3.63) is 24.3 Å². The number of carbonyl (C=O) groups excluding carboxylic acids is 2. The molecule has 60 valence electrons. The van der Waals surface area contributed by atoms with Crippen molar-refractivity contribution < 1.29 is 57.6 Å². The maximum Gasteiger partial charge on any atom is 1.00 e. The van der Waals surface area contributed by atoms with Gasteiger partial charge in [-0.15, -0.1) is 6.42 Å². The zero-order valence-electron chi connectivity index (χ0n) is 7.52. The zero-order chi connectivity index (χ0) is 7.54. The van der Waals surface area contributed by atoms with Crippen LogP contribution in [0.1, 0.15) is 7.85 Å². The van der Waals surface area contributed by atoms with Gasteiger partial charge in [0.15, 0.2) is 0 Å². The fourth-order valence-corrected chi connectivity index (χ4v) is 0.340. The molecular formula is C7H10FeNaO2-. The van der Waals surface area contributed by atoms with E-state index < -0.39 is 0 Å². The third kappa shape index (κ3) is 25.2. The Morgan fingerprint density at radius 3 is 1.82 bits per heavy atom. The average Bonchev–Trinajstić information content (AvgIpc) is 2.51. The van der Waals surface area contributed by atoms with Crippen LogP contribution in [0.4, 0.5) is 0 Å². The van der Waals surface area contributed by atoms with Crippen LogP contribution in [0.5, 0.6) is 0 Å². The molecule has 0 N–H and O–H groups in total. The van der Waals surface area contributed by atoms with E-state index in [1.807, 2.05) is 25.7 Å². The Hall–Kier alpha value is 0.339. The number of rotatable bonds is 0. The summed E-state index contributed by atoms with van der Waals surface area (Å²) in [6.07, 6.45) is 10.0. The molecule has 1 aliphatic carbocycles. The predicted molar refractivity (Wildman–Crippen MR) is 36.9 cm³/mol. The van der Waals surface area contributed by atoms with Crippen LogP contribution in [0.2, 0.25) is 0 Å². The van der Waals surface area contributed by atoms with Crippen LogP contribution in [0, 0.1) is 6.08 Å². The monoisotopic (exact) mass is 205 g/mol. The molecule has 1 aliphatic rings. The molecule has 0 saturated carbocycles. The molecule has 2 nitrogen and oxygen atoms in total. The van der Waals surface area contributed by atoms with E-state index in [2.05, 4.69) is 12.2 Å². The summed E-state index contributed by atoms with van der Waals surface area (Å²) in [5.41, 5.74) is 0. The van der Waals surface area contributed by atoms with E-state index in [0.29, 0.717) is 0 Å². The average molecular weight is 205 g/mol. The van der Waals surface area contributed by atoms with E-state index in [-0.39, 0.29) is 48.1 Å². The first-order valence-corrected chi connectivity index (χ1v) is 2.29. The molecule has 0 aromatic heterocycles. The van der Waals surface area contributed by atoms with Crippen LogP contribution in [0.15, 0.2) is 18.2 Å². The minimum absolute atomic E-state index is 0. The normalized spacial score (nSPS) is 8.73. The second-order valence-electron chi connectivity index (χ2n) is 1.00. The van der Waals surface area contributed by atoms with Crippen LogP contribution in [-0.2, 0) is 26.7 Å². The minimum atomic E-state index is 0. The van der Waals surface area contributed by atoms with Gasteiger partial charge in [-0.2, -0.15) is 6.08 Å². The van der Waals surface area contributed by atoms with Crippen molar-refractivity contribution in [1.82, 2.24) is 0 Å². The molecule has 0 radical (unpaired) electrons. The van der Waals surface area contributed by atoms with Crippen molar-refractivity contribution in [3.63, 3.8) is 0 Å². The van der Waals surface area contributed by atoms with Gasteiger partial charge in [0.25, 0.3) is 0 Å². The third-order valence-corrected chi connectivity index (χ3v) is 0.586. The molecule has 0 spiro atoms. The van der Waals surface area contributed by atoms with Gasteiger partial charge in [0.2, 0.25) is 0 Å². The summed E-state index contributed by atoms with van der Waals surface area (Å²) in [6, 6.07) is 0. The molecule has 0 aromatic rings. The zero-order valence-corrected chi connectivity index (χ0v) is 9.63. The molecular weight excluding hydrogens is 195 g/mol. The van der Waals surface area contributed by atoms with E-state index in [0.717, 1.165) is 6.42 Å². The topological polar surface area (TPSA) is 34.1 Å². The van der Waals surface area contributed by atoms with Crippen molar-refractivity contribution in [1.29, 1.82) is 0 Å². The molecule has 0 unspecified atom stereocenters. The van der Waals surface area contributed by atoms with Gasteiger partial charge in [-0.05, 0) is 0 Å². The first kappa shape index (κ1) is 22.5. The Labute approximate surface area is 101 Å². The van der Waals surface area contributed by atoms with Crippen LogP contribution in [-0.4, -0.2) is 13.6 Å². The van der Waals surface area contributed by atoms with Crippen molar-refractivity contribution in [2.24, 2.45) is 0 Å². The second kappa shape index (κ2) is 31.6. The molecule has 11 heavy (non-hydrogen) atoms. The third-order valence-electron chi connectivity index (χ3n) is 0.586. The van der Waals surface area contributed by atoms with Gasteiger partial charge < -0.3 is 11.0 Å². The van der Waals surface area contributed by atoms with E-state index in [1.54, 1.807) is 0 Å². The summed E-state index contributed by atoms with van der Waals surface area (Å²) in [6.45, 7) is 4.00. The maximum atomic E-state index is 8.00. The number of hydrogen-bond acceptors (Lipinski definition) is 2. The van der Waals surface area contributed by atoms with Crippen LogP contribution in [0.25, 0.3) is 0 Å². The Balaban J connectivity index is -0.0000000213. The van der Waals surface area contributed by atoms with Gasteiger partial charge in [0.1, 0.15) is 13.6 Å². The van der Waals surface area contributed by atoms with E-state index in [1.165, 1.54) is 0 Å². The summed E-state index contributed by atoms with van der Waals surface area (Å²) in [5, 5.41) is 0. The van der Waals surface area contributed by atoms with Gasteiger partial charge in [-0.3, -0.25) is 6.08 Å². The van der Waals surface area contributed by atoms with Crippen molar-refractivity contribution in [2.45, 2.75) is 6.42 Å². The van der Waals surface area contributed by atoms with Crippen LogP contribution in [0.3, 0.4) is 0 Å². The summed E-state index contributed by atoms with van der Waals surface area (Å²) in [5.74, 6) is 0. The molecule has 0 amide bonds. The quantitative estimate of drug-likeness (QED) is 0.340. The van der Waals surface area contributed by atoms with Gasteiger partial charge in [-0.1, -0.05) is 0 Å². The molecule has 0 bridgehead atoms. The largest absolute Gasteiger partial charge is 1.00 e. The van der Waals surface area contributed by atoms with E-state index >= 15 is 0 Å². The van der Waals surface area contributed by atoms with Crippen LogP contribution >= 0.6 is 0 Å². The number of carbonyl (C=O) groups is 2. The first-order chi connectivity index (χ1) is 4.50. The SMILES string of the molecule is C=O.C=O.[C-]1=CC=CC1.[Fe].[H-].[Na+]. The van der Waals surface area contributed by atoms with E-state index in [9.17, 15) is 0 Å². The molecule has 0 saturated heterocycles. The first-order valence-electron chi connectivity index (χ1n) is 2.29. The summed E-state index contributed by atoms with van der Waals surface area (Å²) in [4.78, 5) is 16.0. The Morgan fingerprint density at radius 2 is 1.73 bits per heavy atom. The van der Waals surface area contributed by atoms with Crippen molar-refractivity contribution in [3.8, 4) is 0 Å². The standard InChI is InChI=1S/C5H5.2CH2O.Fe.Na.H/c1-2-4-5-3-1;2*1-2;;;/h1-3H,4H2;2*1H2;;;/q-1;;;;+1;-1. The van der Waals surface area contributed by atoms with Crippen molar-refractivity contribution >= 4 is 13.6 Å². The van der Waals surface area contributed by atoms with E-state index in [4.69, 9.17) is 9.59 Å². The summed E-state index contributed by atoms with van der Waals surface area (Å²) < 4.78 is 0. The van der Waals surface area contributed by atoms with Gasteiger partial charge in [0.05, 0.1) is 0 Å². The molecule has 0 fully saturated rings.